The minimum Gasteiger partial charge on any atom is -0.462 e. The molecule has 0 aromatic heterocycles. The number of aryl methyl sites for hydroxylation is 1. The minimum atomic E-state index is -0.475. The molecule has 6 nitrogen and oxygen atoms in total. The lowest BCUT2D eigenvalue weighted by atomic mass is 9.94. The number of carbonyl (C=O) groups excluding carboxylic acids is 3. The van der Waals surface area contributed by atoms with Crippen molar-refractivity contribution in [1.82, 2.24) is 0 Å². The second-order valence-corrected chi connectivity index (χ2v) is 9.33. The number of esters is 3. The highest BCUT2D eigenvalue weighted by atomic mass is 16.5. The number of hydrogen-bond acceptors (Lipinski definition) is 6. The molecule has 0 spiro atoms. The van der Waals surface area contributed by atoms with Gasteiger partial charge >= 0.3 is 17.9 Å². The summed E-state index contributed by atoms with van der Waals surface area (Å²) in [6.45, 7) is 15.9. The van der Waals surface area contributed by atoms with Gasteiger partial charge in [-0.15, -0.1) is 0 Å². The molecule has 0 bridgehead atoms. The molecule has 0 aliphatic rings. The number of rotatable bonds is 11. The van der Waals surface area contributed by atoms with E-state index >= 15 is 0 Å². The average molecular weight is 525 g/mol. The lowest BCUT2D eigenvalue weighted by molar-refractivity contribution is -0.139. The zero-order valence-electron chi connectivity index (χ0n) is 22.5. The molecule has 0 N–H and O–H groups in total. The summed E-state index contributed by atoms with van der Waals surface area (Å²) >= 11 is 0. The molecule has 39 heavy (non-hydrogen) atoms. The van der Waals surface area contributed by atoms with Crippen LogP contribution in [-0.2, 0) is 25.5 Å². The van der Waals surface area contributed by atoms with E-state index in [1.165, 1.54) is 0 Å². The van der Waals surface area contributed by atoms with Crippen molar-refractivity contribution in [3.63, 3.8) is 0 Å². The van der Waals surface area contributed by atoms with Crippen molar-refractivity contribution in [3.8, 4) is 33.8 Å². The zero-order chi connectivity index (χ0) is 28.5. The predicted molar refractivity (Wildman–Crippen MR) is 152 cm³/mol. The Morgan fingerprint density at radius 2 is 1.00 bits per heavy atom. The monoisotopic (exact) mass is 524 g/mol. The first-order chi connectivity index (χ1) is 18.5. The van der Waals surface area contributed by atoms with Crippen molar-refractivity contribution >= 4 is 17.9 Å². The highest BCUT2D eigenvalue weighted by Crippen LogP contribution is 2.31. The van der Waals surface area contributed by atoms with E-state index in [9.17, 15) is 14.4 Å². The number of ether oxygens (including phenoxy) is 3. The van der Waals surface area contributed by atoms with E-state index in [1.54, 1.807) is 45.0 Å². The molecule has 0 atom stereocenters. The van der Waals surface area contributed by atoms with Crippen LogP contribution in [0.3, 0.4) is 0 Å². The highest BCUT2D eigenvalue weighted by Gasteiger charge is 2.11. The van der Waals surface area contributed by atoms with Gasteiger partial charge in [-0.25, -0.2) is 14.4 Å². The van der Waals surface area contributed by atoms with Gasteiger partial charge < -0.3 is 14.2 Å². The Morgan fingerprint density at radius 3 is 1.38 bits per heavy atom. The fraction of sp³-hybridized carbons (Fsp3) is 0.182. The molecule has 0 amide bonds. The largest absolute Gasteiger partial charge is 0.462 e. The first kappa shape index (κ1) is 28.9. The maximum atomic E-state index is 11.8. The molecule has 0 aliphatic carbocycles. The highest BCUT2D eigenvalue weighted by molar-refractivity contribution is 5.89. The Balaban J connectivity index is 1.88. The number of carbonyl (C=O) groups is 3. The molecular formula is C33H32O6. The average Bonchev–Trinajstić information content (AvgIpc) is 2.91. The Morgan fingerprint density at radius 1 is 0.590 bits per heavy atom. The summed E-state index contributed by atoms with van der Waals surface area (Å²) in [5.74, 6) is -0.484. The molecular weight excluding hydrogens is 492 g/mol. The lowest BCUT2D eigenvalue weighted by Gasteiger charge is -2.12. The van der Waals surface area contributed by atoms with Gasteiger partial charge in [0.2, 0.25) is 0 Å². The lowest BCUT2D eigenvalue weighted by Crippen LogP contribution is -2.08. The van der Waals surface area contributed by atoms with Crippen LogP contribution >= 0.6 is 0 Å². The minimum absolute atomic E-state index is 0.289. The summed E-state index contributed by atoms with van der Waals surface area (Å²) in [4.78, 5) is 35.4. The van der Waals surface area contributed by atoms with Gasteiger partial charge in [0.05, 0.1) is 6.61 Å². The van der Waals surface area contributed by atoms with Crippen LogP contribution in [0.5, 0.6) is 11.5 Å². The van der Waals surface area contributed by atoms with Crippen LogP contribution < -0.4 is 9.47 Å². The molecule has 0 unspecified atom stereocenters. The van der Waals surface area contributed by atoms with E-state index in [0.717, 1.165) is 27.8 Å². The van der Waals surface area contributed by atoms with Crippen molar-refractivity contribution in [2.24, 2.45) is 0 Å². The Kier molecular flexibility index (Phi) is 9.76. The molecule has 200 valence electrons. The van der Waals surface area contributed by atoms with Gasteiger partial charge in [0, 0.05) is 16.7 Å². The summed E-state index contributed by atoms with van der Waals surface area (Å²) < 4.78 is 15.9. The Labute approximate surface area is 229 Å². The van der Waals surface area contributed by atoms with Gasteiger partial charge in [-0.2, -0.15) is 0 Å². The van der Waals surface area contributed by atoms with Gasteiger partial charge in [0.25, 0.3) is 0 Å². The molecule has 0 saturated heterocycles. The second kappa shape index (κ2) is 13.2. The van der Waals surface area contributed by atoms with E-state index < -0.39 is 17.9 Å². The molecule has 6 heteroatoms. The number of hydrogen-bond donors (Lipinski definition) is 0. The first-order valence-corrected chi connectivity index (χ1v) is 12.5. The third-order valence-corrected chi connectivity index (χ3v) is 5.68. The van der Waals surface area contributed by atoms with Crippen LogP contribution in [0.2, 0.25) is 0 Å². The van der Waals surface area contributed by atoms with Crippen molar-refractivity contribution in [2.75, 3.05) is 6.61 Å². The fourth-order valence-corrected chi connectivity index (χ4v) is 3.55. The molecule has 0 heterocycles. The molecule has 0 radical (unpaired) electrons. The van der Waals surface area contributed by atoms with Gasteiger partial charge in [0.15, 0.2) is 0 Å². The molecule has 3 aromatic rings. The third kappa shape index (κ3) is 8.40. The van der Waals surface area contributed by atoms with Gasteiger partial charge in [0.1, 0.15) is 11.5 Å². The fourth-order valence-electron chi connectivity index (χ4n) is 3.55. The summed E-state index contributed by atoms with van der Waals surface area (Å²) in [6.07, 6.45) is 1.33. The van der Waals surface area contributed by atoms with Crippen LogP contribution in [0.25, 0.3) is 22.3 Å². The van der Waals surface area contributed by atoms with Crippen LogP contribution in [0.4, 0.5) is 0 Å². The van der Waals surface area contributed by atoms with E-state index in [1.807, 2.05) is 24.3 Å². The topological polar surface area (TPSA) is 78.9 Å². The van der Waals surface area contributed by atoms with Crippen LogP contribution in [0.1, 0.15) is 32.8 Å². The van der Waals surface area contributed by atoms with Gasteiger partial charge in [-0.1, -0.05) is 56.1 Å². The summed E-state index contributed by atoms with van der Waals surface area (Å²) in [6, 6.07) is 20.7. The predicted octanol–water partition coefficient (Wildman–Crippen LogP) is 7.04. The Bertz CT molecular complexity index is 1320. The van der Waals surface area contributed by atoms with Crippen molar-refractivity contribution in [2.45, 2.75) is 33.6 Å². The van der Waals surface area contributed by atoms with E-state index in [2.05, 4.69) is 37.9 Å². The molecule has 3 aromatic carbocycles. The Hall–Kier alpha value is -4.71. The molecule has 3 rings (SSSR count). The summed E-state index contributed by atoms with van der Waals surface area (Å²) in [5, 5.41) is 0. The quantitative estimate of drug-likeness (QED) is 0.116. The smallest absolute Gasteiger partial charge is 0.338 e. The number of benzene rings is 3. The molecule has 0 fully saturated rings. The van der Waals surface area contributed by atoms with E-state index in [-0.39, 0.29) is 6.61 Å². The van der Waals surface area contributed by atoms with Crippen molar-refractivity contribution < 1.29 is 28.6 Å². The summed E-state index contributed by atoms with van der Waals surface area (Å²) in [7, 11) is 0. The summed E-state index contributed by atoms with van der Waals surface area (Å²) in [5.41, 5.74) is 5.90. The van der Waals surface area contributed by atoms with Crippen molar-refractivity contribution in [3.05, 3.63) is 109 Å². The van der Waals surface area contributed by atoms with Crippen molar-refractivity contribution in [1.29, 1.82) is 0 Å². The maximum absolute atomic E-state index is 11.8. The van der Waals surface area contributed by atoms with Gasteiger partial charge in [-0.3, -0.25) is 0 Å². The van der Waals surface area contributed by atoms with Crippen LogP contribution in [0, 0.1) is 0 Å². The van der Waals surface area contributed by atoms with Crippen LogP contribution in [-0.4, -0.2) is 24.5 Å². The van der Waals surface area contributed by atoms with Crippen LogP contribution in [0.15, 0.2) is 103 Å². The first-order valence-electron chi connectivity index (χ1n) is 12.5. The molecule has 0 aliphatic heterocycles. The second-order valence-electron chi connectivity index (χ2n) is 9.33. The SMILES string of the molecule is C=C(C)C(=O)OCCCc1cc(-c2ccc(OC(=O)C(=C)C)cc2)cc(-c2ccc(OC(=O)C(=C)C)cc2)c1. The molecule has 0 saturated carbocycles. The standard InChI is InChI=1S/C33H32O6/c1-21(2)31(34)37-17-7-8-24-18-27(25-9-13-29(14-10-25)38-32(35)22(3)4)20-28(19-24)26-11-15-30(16-12-26)39-33(36)23(5)6/h9-16,18-20H,1,3,5,7-8,17H2,2,4,6H3. The van der Waals surface area contributed by atoms with E-state index in [0.29, 0.717) is 41.1 Å². The van der Waals surface area contributed by atoms with E-state index in [4.69, 9.17) is 14.2 Å². The normalized spacial score (nSPS) is 10.3. The maximum Gasteiger partial charge on any atom is 0.338 e. The van der Waals surface area contributed by atoms with Gasteiger partial charge in [-0.05, 0) is 91.8 Å². The zero-order valence-corrected chi connectivity index (χ0v) is 22.5. The third-order valence-electron chi connectivity index (χ3n) is 5.68.